The van der Waals surface area contributed by atoms with E-state index in [9.17, 15) is 8.42 Å². The molecule has 1 aromatic heterocycles. The second-order valence-corrected chi connectivity index (χ2v) is 7.67. The van der Waals surface area contributed by atoms with Crippen LogP contribution in [0, 0.1) is 0 Å². The summed E-state index contributed by atoms with van der Waals surface area (Å²) in [6.07, 6.45) is 1.27. The Morgan fingerprint density at radius 1 is 1.04 bits per heavy atom. The summed E-state index contributed by atoms with van der Waals surface area (Å²) < 4.78 is 40.5. The Bertz CT molecular complexity index is 1040. The van der Waals surface area contributed by atoms with Crippen molar-refractivity contribution in [1.29, 1.82) is 0 Å². The van der Waals surface area contributed by atoms with Crippen LogP contribution in [0.5, 0.6) is 11.5 Å². The van der Waals surface area contributed by atoms with E-state index in [1.807, 2.05) is 0 Å². The molecule has 0 amide bonds. The molecular formula is C19H17ClN2O5S. The van der Waals surface area contributed by atoms with E-state index in [1.165, 1.54) is 30.5 Å². The van der Waals surface area contributed by atoms with E-state index in [-0.39, 0.29) is 11.5 Å². The van der Waals surface area contributed by atoms with Gasteiger partial charge in [0.05, 0.1) is 18.2 Å². The highest BCUT2D eigenvalue weighted by Gasteiger charge is 2.12. The highest BCUT2D eigenvalue weighted by atomic mass is 35.5. The second-order valence-electron chi connectivity index (χ2n) is 5.58. The maximum Gasteiger partial charge on any atom is 0.276 e. The molecule has 1 N–H and O–H groups in total. The molecule has 3 aromatic rings. The molecule has 1 heterocycles. The van der Waals surface area contributed by atoms with Crippen LogP contribution in [0.25, 0.3) is 0 Å². The third-order valence-corrected chi connectivity index (χ3v) is 5.10. The Balaban J connectivity index is 1.55. The van der Waals surface area contributed by atoms with Gasteiger partial charge >= 0.3 is 0 Å². The van der Waals surface area contributed by atoms with Crippen molar-refractivity contribution in [1.82, 2.24) is 4.83 Å². The zero-order valence-corrected chi connectivity index (χ0v) is 16.4. The van der Waals surface area contributed by atoms with Gasteiger partial charge in [0.2, 0.25) is 0 Å². The van der Waals surface area contributed by atoms with Gasteiger partial charge in [0.25, 0.3) is 10.0 Å². The molecule has 9 heteroatoms. The lowest BCUT2D eigenvalue weighted by atomic mass is 10.3. The predicted molar refractivity (Wildman–Crippen MR) is 105 cm³/mol. The number of sulfonamides is 1. The summed E-state index contributed by atoms with van der Waals surface area (Å²) in [5.74, 6) is 2.36. The maximum absolute atomic E-state index is 12.1. The number of halogens is 1. The van der Waals surface area contributed by atoms with Crippen LogP contribution in [-0.4, -0.2) is 21.7 Å². The van der Waals surface area contributed by atoms with Crippen molar-refractivity contribution < 1.29 is 22.3 Å². The molecule has 0 spiro atoms. The first-order valence-corrected chi connectivity index (χ1v) is 9.98. The van der Waals surface area contributed by atoms with E-state index >= 15 is 0 Å². The zero-order chi connectivity index (χ0) is 20.0. The number of nitrogens with zero attached hydrogens (tertiary/aromatic N) is 1. The van der Waals surface area contributed by atoms with Gasteiger partial charge in [0.1, 0.15) is 29.6 Å². The van der Waals surface area contributed by atoms with Crippen LogP contribution in [0.4, 0.5) is 0 Å². The van der Waals surface area contributed by atoms with E-state index in [0.717, 1.165) is 5.75 Å². The molecule has 0 saturated carbocycles. The summed E-state index contributed by atoms with van der Waals surface area (Å²) >= 11 is 5.75. The molecular weight excluding hydrogens is 404 g/mol. The van der Waals surface area contributed by atoms with Crippen molar-refractivity contribution in [2.45, 2.75) is 11.5 Å². The fourth-order valence-corrected chi connectivity index (χ4v) is 3.11. The molecule has 0 radical (unpaired) electrons. The monoisotopic (exact) mass is 420 g/mol. The molecule has 0 unspecified atom stereocenters. The standard InChI is InChI=1S/C19H17ClN2O5S/c1-25-15-4-6-16(7-5-15)26-13-18-9-8-17(27-18)12-21-22-28(23,24)19-10-2-14(20)3-11-19/h2-12,22H,13H2,1H3. The Hall–Kier alpha value is -2.97. The number of rotatable bonds is 8. The Kier molecular flexibility index (Phi) is 6.23. The van der Waals surface area contributed by atoms with Gasteiger partial charge in [0, 0.05) is 5.02 Å². The van der Waals surface area contributed by atoms with Crippen molar-refractivity contribution in [3.8, 4) is 11.5 Å². The van der Waals surface area contributed by atoms with E-state index in [4.69, 9.17) is 25.5 Å². The van der Waals surface area contributed by atoms with E-state index < -0.39 is 10.0 Å². The van der Waals surface area contributed by atoms with Crippen molar-refractivity contribution in [3.63, 3.8) is 0 Å². The minimum Gasteiger partial charge on any atom is -0.497 e. The zero-order valence-electron chi connectivity index (χ0n) is 14.8. The van der Waals surface area contributed by atoms with Crippen LogP contribution in [0.2, 0.25) is 5.02 Å². The summed E-state index contributed by atoms with van der Waals surface area (Å²) in [5, 5.41) is 4.17. The first kappa shape index (κ1) is 19.8. The molecule has 0 bridgehead atoms. The average molecular weight is 421 g/mol. The van der Waals surface area contributed by atoms with Crippen LogP contribution in [-0.2, 0) is 16.6 Å². The number of hydrazone groups is 1. The van der Waals surface area contributed by atoms with Gasteiger partial charge in [-0.2, -0.15) is 18.4 Å². The predicted octanol–water partition coefficient (Wildman–Crippen LogP) is 3.83. The molecule has 0 aliphatic carbocycles. The first-order chi connectivity index (χ1) is 13.5. The van der Waals surface area contributed by atoms with Crippen LogP contribution in [0.1, 0.15) is 11.5 Å². The lowest BCUT2D eigenvalue weighted by Crippen LogP contribution is -2.18. The number of nitrogens with one attached hydrogen (secondary N) is 1. The Morgan fingerprint density at radius 2 is 1.71 bits per heavy atom. The summed E-state index contributed by atoms with van der Waals surface area (Å²) in [7, 11) is -2.18. The van der Waals surface area contributed by atoms with Gasteiger partial charge in [-0.25, -0.2) is 0 Å². The first-order valence-electron chi connectivity index (χ1n) is 8.12. The Labute approximate surface area is 167 Å². The normalized spacial score (nSPS) is 11.5. The van der Waals surface area contributed by atoms with E-state index in [2.05, 4.69) is 9.93 Å². The highest BCUT2D eigenvalue weighted by molar-refractivity contribution is 7.89. The second kappa shape index (κ2) is 8.81. The largest absolute Gasteiger partial charge is 0.497 e. The van der Waals surface area contributed by atoms with Crippen molar-refractivity contribution in [2.75, 3.05) is 7.11 Å². The molecule has 2 aromatic carbocycles. The maximum atomic E-state index is 12.1. The van der Waals surface area contributed by atoms with Crippen LogP contribution >= 0.6 is 11.6 Å². The fraction of sp³-hybridized carbons (Fsp3) is 0.105. The topological polar surface area (TPSA) is 90.1 Å². The van der Waals surface area contributed by atoms with Crippen LogP contribution < -0.4 is 14.3 Å². The number of furan rings is 1. The smallest absolute Gasteiger partial charge is 0.276 e. The SMILES string of the molecule is COc1ccc(OCc2ccc(C=NNS(=O)(=O)c3ccc(Cl)cc3)o2)cc1. The summed E-state index contributed by atoms with van der Waals surface area (Å²) in [4.78, 5) is 2.17. The Morgan fingerprint density at radius 3 is 2.39 bits per heavy atom. The lowest BCUT2D eigenvalue weighted by Gasteiger charge is -2.05. The van der Waals surface area contributed by atoms with Gasteiger partial charge in [-0.3, -0.25) is 0 Å². The van der Waals surface area contributed by atoms with Crippen LogP contribution in [0.15, 0.2) is 75.1 Å². The molecule has 0 aliphatic heterocycles. The van der Waals surface area contributed by atoms with Crippen molar-refractivity contribution in [3.05, 3.63) is 77.2 Å². The summed E-state index contributed by atoms with van der Waals surface area (Å²) in [5.41, 5.74) is 0. The molecule has 7 nitrogen and oxygen atoms in total. The van der Waals surface area contributed by atoms with E-state index in [1.54, 1.807) is 43.5 Å². The van der Waals surface area contributed by atoms with Crippen molar-refractivity contribution >= 4 is 27.8 Å². The van der Waals surface area contributed by atoms with Gasteiger partial charge < -0.3 is 13.9 Å². The average Bonchev–Trinajstić information content (AvgIpc) is 3.15. The number of hydrogen-bond acceptors (Lipinski definition) is 6. The lowest BCUT2D eigenvalue weighted by molar-refractivity contribution is 0.269. The number of hydrogen-bond donors (Lipinski definition) is 1. The van der Waals surface area contributed by atoms with E-state index in [0.29, 0.717) is 22.3 Å². The van der Waals surface area contributed by atoms with Gasteiger partial charge in [-0.15, -0.1) is 0 Å². The van der Waals surface area contributed by atoms with Gasteiger partial charge in [-0.1, -0.05) is 11.6 Å². The third kappa shape index (κ3) is 5.28. The molecule has 28 heavy (non-hydrogen) atoms. The molecule has 0 aliphatic rings. The third-order valence-electron chi connectivity index (χ3n) is 3.61. The molecule has 3 rings (SSSR count). The molecule has 146 valence electrons. The molecule has 0 fully saturated rings. The minimum atomic E-state index is -3.78. The fourth-order valence-electron chi connectivity index (χ4n) is 2.19. The number of benzene rings is 2. The van der Waals surface area contributed by atoms with Gasteiger partial charge in [0.15, 0.2) is 0 Å². The van der Waals surface area contributed by atoms with Crippen LogP contribution in [0.3, 0.4) is 0 Å². The minimum absolute atomic E-state index is 0.0575. The summed E-state index contributed by atoms with van der Waals surface area (Å²) in [6, 6.07) is 16.3. The number of methoxy groups -OCH3 is 1. The highest BCUT2D eigenvalue weighted by Crippen LogP contribution is 2.19. The van der Waals surface area contributed by atoms with Crippen molar-refractivity contribution in [2.24, 2.45) is 5.10 Å². The summed E-state index contributed by atoms with van der Waals surface area (Å²) in [6.45, 7) is 0.219. The van der Waals surface area contributed by atoms with Gasteiger partial charge in [-0.05, 0) is 60.7 Å². The molecule has 0 saturated heterocycles. The molecule has 0 atom stereocenters. The quantitative estimate of drug-likeness (QED) is 0.441. The number of ether oxygens (including phenoxy) is 2.